The SMILES string of the molecule is COc1ccc(C(=O)c2ccc(OC)cc2OS(=O)(=O)O)c(O)c1. The van der Waals surface area contributed by atoms with Gasteiger partial charge in [0, 0.05) is 12.1 Å². The van der Waals surface area contributed by atoms with Gasteiger partial charge in [-0.3, -0.25) is 9.35 Å². The third-order valence-electron chi connectivity index (χ3n) is 3.08. The minimum Gasteiger partial charge on any atom is -0.507 e. The Hall–Kier alpha value is -2.78. The number of carbonyl (C=O) groups excluding carboxylic acids is 1. The summed E-state index contributed by atoms with van der Waals surface area (Å²) < 4.78 is 45.1. The van der Waals surface area contributed by atoms with Crippen molar-refractivity contribution in [2.75, 3.05) is 14.2 Å². The van der Waals surface area contributed by atoms with Crippen molar-refractivity contribution in [2.45, 2.75) is 0 Å². The van der Waals surface area contributed by atoms with Gasteiger partial charge in [0.05, 0.1) is 25.3 Å². The molecule has 0 aliphatic carbocycles. The summed E-state index contributed by atoms with van der Waals surface area (Å²) in [5.41, 5.74) is -0.282. The predicted molar refractivity (Wildman–Crippen MR) is 83.3 cm³/mol. The largest absolute Gasteiger partial charge is 0.507 e. The van der Waals surface area contributed by atoms with Gasteiger partial charge in [0.15, 0.2) is 5.75 Å². The van der Waals surface area contributed by atoms with Crippen molar-refractivity contribution in [3.63, 3.8) is 0 Å². The maximum Gasteiger partial charge on any atom is 0.446 e. The van der Waals surface area contributed by atoms with Crippen LogP contribution in [0.15, 0.2) is 36.4 Å². The summed E-state index contributed by atoms with van der Waals surface area (Å²) in [4.78, 5) is 12.6. The molecule has 2 rings (SSSR count). The first kappa shape index (κ1) is 17.6. The van der Waals surface area contributed by atoms with Crippen LogP contribution in [0.25, 0.3) is 0 Å². The zero-order valence-corrected chi connectivity index (χ0v) is 13.5. The van der Waals surface area contributed by atoms with Crippen LogP contribution in [0.4, 0.5) is 0 Å². The summed E-state index contributed by atoms with van der Waals surface area (Å²) in [7, 11) is -2.11. The van der Waals surface area contributed by atoms with Crippen molar-refractivity contribution in [1.29, 1.82) is 0 Å². The van der Waals surface area contributed by atoms with Crippen molar-refractivity contribution < 1.29 is 36.5 Å². The van der Waals surface area contributed by atoms with Crippen molar-refractivity contribution in [3.05, 3.63) is 47.5 Å². The lowest BCUT2D eigenvalue weighted by Gasteiger charge is -2.11. The van der Waals surface area contributed by atoms with Gasteiger partial charge in [0.25, 0.3) is 0 Å². The summed E-state index contributed by atoms with van der Waals surface area (Å²) in [6, 6.07) is 7.80. The van der Waals surface area contributed by atoms with Crippen LogP contribution in [0.5, 0.6) is 23.0 Å². The van der Waals surface area contributed by atoms with E-state index in [1.165, 1.54) is 44.6 Å². The van der Waals surface area contributed by atoms with Gasteiger partial charge in [-0.2, -0.15) is 8.42 Å². The number of methoxy groups -OCH3 is 2. The summed E-state index contributed by atoms with van der Waals surface area (Å²) in [6.45, 7) is 0. The van der Waals surface area contributed by atoms with Crippen LogP contribution in [0.2, 0.25) is 0 Å². The molecule has 0 amide bonds. The lowest BCUT2D eigenvalue weighted by molar-refractivity contribution is 0.103. The third kappa shape index (κ3) is 3.94. The van der Waals surface area contributed by atoms with E-state index in [4.69, 9.17) is 14.0 Å². The van der Waals surface area contributed by atoms with E-state index in [2.05, 4.69) is 4.18 Å². The van der Waals surface area contributed by atoms with Crippen LogP contribution in [0.3, 0.4) is 0 Å². The molecule has 0 aliphatic heterocycles. The lowest BCUT2D eigenvalue weighted by atomic mass is 10.0. The van der Waals surface area contributed by atoms with Gasteiger partial charge < -0.3 is 18.8 Å². The third-order valence-corrected chi connectivity index (χ3v) is 3.47. The monoisotopic (exact) mass is 354 g/mol. The van der Waals surface area contributed by atoms with Gasteiger partial charge >= 0.3 is 10.4 Å². The van der Waals surface area contributed by atoms with Gasteiger partial charge in [-0.1, -0.05) is 0 Å². The highest BCUT2D eigenvalue weighted by Crippen LogP contribution is 2.31. The summed E-state index contributed by atoms with van der Waals surface area (Å²) in [5, 5.41) is 9.94. The molecule has 2 aromatic carbocycles. The topological polar surface area (TPSA) is 119 Å². The minimum atomic E-state index is -4.85. The molecule has 24 heavy (non-hydrogen) atoms. The Morgan fingerprint density at radius 3 is 2.00 bits per heavy atom. The molecule has 0 heterocycles. The molecule has 0 atom stereocenters. The Labute approximate surface area is 138 Å². The van der Waals surface area contributed by atoms with E-state index in [0.29, 0.717) is 5.75 Å². The number of rotatable bonds is 6. The highest BCUT2D eigenvalue weighted by Gasteiger charge is 2.22. The van der Waals surface area contributed by atoms with Crippen molar-refractivity contribution in [2.24, 2.45) is 0 Å². The molecule has 8 nitrogen and oxygen atoms in total. The maximum atomic E-state index is 12.6. The van der Waals surface area contributed by atoms with E-state index in [0.717, 1.165) is 6.07 Å². The van der Waals surface area contributed by atoms with Gasteiger partial charge in [0.1, 0.15) is 17.2 Å². The molecule has 2 N–H and O–H groups in total. The molecule has 0 spiro atoms. The molecular formula is C15H14O8S. The average Bonchev–Trinajstić information content (AvgIpc) is 2.52. The van der Waals surface area contributed by atoms with Gasteiger partial charge in [-0.15, -0.1) is 0 Å². The predicted octanol–water partition coefficient (Wildman–Crippen LogP) is 1.82. The van der Waals surface area contributed by atoms with E-state index in [9.17, 15) is 18.3 Å². The number of aromatic hydroxyl groups is 1. The second-order valence-corrected chi connectivity index (χ2v) is 5.61. The number of ketones is 1. The highest BCUT2D eigenvalue weighted by molar-refractivity contribution is 7.81. The molecule has 0 saturated carbocycles. The lowest BCUT2D eigenvalue weighted by Crippen LogP contribution is -2.11. The molecule has 0 aromatic heterocycles. The van der Waals surface area contributed by atoms with E-state index in [1.807, 2.05) is 0 Å². The van der Waals surface area contributed by atoms with Gasteiger partial charge in [0.2, 0.25) is 5.78 Å². The molecule has 0 fully saturated rings. The van der Waals surface area contributed by atoms with Crippen LogP contribution in [0.1, 0.15) is 15.9 Å². The van der Waals surface area contributed by atoms with Crippen LogP contribution < -0.4 is 13.7 Å². The molecule has 0 saturated heterocycles. The fraction of sp³-hybridized carbons (Fsp3) is 0.133. The van der Waals surface area contributed by atoms with Crippen molar-refractivity contribution >= 4 is 16.2 Å². The van der Waals surface area contributed by atoms with Crippen LogP contribution in [-0.4, -0.2) is 38.1 Å². The van der Waals surface area contributed by atoms with Crippen molar-refractivity contribution in [3.8, 4) is 23.0 Å². The van der Waals surface area contributed by atoms with Crippen LogP contribution in [-0.2, 0) is 10.4 Å². The molecule has 9 heteroatoms. The molecule has 0 unspecified atom stereocenters. The van der Waals surface area contributed by atoms with E-state index >= 15 is 0 Å². The van der Waals surface area contributed by atoms with Crippen LogP contribution >= 0.6 is 0 Å². The molecule has 0 bridgehead atoms. The molecule has 128 valence electrons. The number of ether oxygens (including phenoxy) is 2. The Morgan fingerprint density at radius 1 is 0.958 bits per heavy atom. The average molecular weight is 354 g/mol. The smallest absolute Gasteiger partial charge is 0.446 e. The standard InChI is InChI=1S/C15H14O8S/c1-21-9-3-5-11(13(16)7-9)15(17)12-6-4-10(22-2)8-14(12)23-24(18,19)20/h3-8,16H,1-2H3,(H,18,19,20). The summed E-state index contributed by atoms with van der Waals surface area (Å²) in [6.07, 6.45) is 0. The molecule has 0 aliphatic rings. The first-order valence-electron chi connectivity index (χ1n) is 6.52. The minimum absolute atomic E-state index is 0.0962. The second kappa shape index (κ2) is 6.77. The summed E-state index contributed by atoms with van der Waals surface area (Å²) >= 11 is 0. The van der Waals surface area contributed by atoms with Crippen molar-refractivity contribution in [1.82, 2.24) is 0 Å². The first-order chi connectivity index (χ1) is 11.2. The highest BCUT2D eigenvalue weighted by atomic mass is 32.3. The number of phenolic OH excluding ortho intramolecular Hbond substituents is 1. The zero-order valence-electron chi connectivity index (χ0n) is 12.7. The Kier molecular flexibility index (Phi) is 4.96. The fourth-order valence-corrected chi connectivity index (χ4v) is 2.34. The second-order valence-electron chi connectivity index (χ2n) is 4.59. The molecule has 0 radical (unpaired) electrons. The Bertz CT molecular complexity index is 873. The number of phenols is 1. The molecular weight excluding hydrogens is 340 g/mol. The Morgan fingerprint density at radius 2 is 1.50 bits per heavy atom. The van der Waals surface area contributed by atoms with Crippen LogP contribution in [0, 0.1) is 0 Å². The number of hydrogen-bond acceptors (Lipinski definition) is 7. The van der Waals surface area contributed by atoms with E-state index in [1.54, 1.807) is 0 Å². The molecule has 2 aromatic rings. The number of hydrogen-bond donors (Lipinski definition) is 2. The zero-order chi connectivity index (χ0) is 17.9. The van der Waals surface area contributed by atoms with Gasteiger partial charge in [-0.05, 0) is 24.3 Å². The fourth-order valence-electron chi connectivity index (χ4n) is 1.98. The summed E-state index contributed by atoms with van der Waals surface area (Å²) in [5.74, 6) is -0.946. The number of benzene rings is 2. The van der Waals surface area contributed by atoms with Gasteiger partial charge in [-0.25, -0.2) is 0 Å². The maximum absolute atomic E-state index is 12.6. The van der Waals surface area contributed by atoms with E-state index in [-0.39, 0.29) is 22.6 Å². The Balaban J connectivity index is 2.52. The first-order valence-corrected chi connectivity index (χ1v) is 7.88. The quantitative estimate of drug-likeness (QED) is 0.595. The van der Waals surface area contributed by atoms with E-state index < -0.39 is 21.9 Å². The normalized spacial score (nSPS) is 11.0. The number of carbonyl (C=O) groups is 1.